The van der Waals surface area contributed by atoms with E-state index in [9.17, 15) is 22.8 Å². The summed E-state index contributed by atoms with van der Waals surface area (Å²) < 4.78 is 60.7. The van der Waals surface area contributed by atoms with E-state index in [1.807, 2.05) is 0 Å². The second-order valence-corrected chi connectivity index (χ2v) is 11.7. The molecule has 7 rings (SSSR count). The second-order valence-electron chi connectivity index (χ2n) is 10.7. The van der Waals surface area contributed by atoms with Crippen molar-refractivity contribution in [3.63, 3.8) is 0 Å². The number of nitrogens with zero attached hydrogens (tertiary/aromatic N) is 3. The van der Waals surface area contributed by atoms with Crippen molar-refractivity contribution in [2.45, 2.75) is 62.6 Å². The van der Waals surface area contributed by atoms with E-state index in [4.69, 9.17) is 14.0 Å². The number of hydrogen-bond acceptors (Lipinski definition) is 9. The van der Waals surface area contributed by atoms with E-state index < -0.39 is 41.1 Å². The lowest BCUT2D eigenvalue weighted by molar-refractivity contribution is 0.0202. The number of thiazole rings is 1. The molecule has 0 amide bonds. The lowest BCUT2D eigenvalue weighted by Gasteiger charge is -2.38. The van der Waals surface area contributed by atoms with Crippen molar-refractivity contribution in [1.29, 1.82) is 0 Å². The number of fused-ring (bicyclic) bond motifs is 3. The molecular weight excluding hydrogens is 559 g/mol. The lowest BCUT2D eigenvalue weighted by atomic mass is 9.99. The third kappa shape index (κ3) is 4.44. The van der Waals surface area contributed by atoms with Gasteiger partial charge in [-0.05, 0) is 49.9 Å². The zero-order valence-corrected chi connectivity index (χ0v) is 22.7. The molecule has 4 heterocycles. The fourth-order valence-corrected chi connectivity index (χ4v) is 7.25. The van der Waals surface area contributed by atoms with Gasteiger partial charge in [0.25, 0.3) is 0 Å². The molecule has 0 unspecified atom stereocenters. The number of rotatable bonds is 6. The summed E-state index contributed by atoms with van der Waals surface area (Å²) in [4.78, 5) is 32.2. The van der Waals surface area contributed by atoms with Gasteiger partial charge in [0, 0.05) is 30.8 Å². The molecule has 0 radical (unpaired) electrons. The highest BCUT2D eigenvalue weighted by Gasteiger charge is 2.45. The molecular formula is C29H24F3N3O5S. The molecule has 8 nitrogen and oxygen atoms in total. The molecule has 2 bridgehead atoms. The Labute approximate surface area is 236 Å². The third-order valence-corrected chi connectivity index (χ3v) is 9.13. The van der Waals surface area contributed by atoms with Crippen LogP contribution in [-0.2, 0) is 9.47 Å². The summed E-state index contributed by atoms with van der Waals surface area (Å²) in [7, 11) is 1.24. The van der Waals surface area contributed by atoms with Crippen LogP contribution in [0.2, 0.25) is 0 Å². The highest BCUT2D eigenvalue weighted by Crippen LogP contribution is 2.46. The molecule has 1 saturated carbocycles. The molecule has 1 aliphatic carbocycles. The molecule has 2 aromatic heterocycles. The van der Waals surface area contributed by atoms with E-state index in [0.717, 1.165) is 43.9 Å². The minimum absolute atomic E-state index is 0.00381. The van der Waals surface area contributed by atoms with E-state index in [1.165, 1.54) is 24.5 Å². The SMILES string of the molecule is COC(=O)c1cc(F)c2nc(N3[C@@H]4CC[C@H]3C[C@@H](OC(=O)c3c(-c5c(F)cccc5F)noc3C3CC3)C4)sc2c1. The van der Waals surface area contributed by atoms with E-state index >= 15 is 0 Å². The van der Waals surface area contributed by atoms with Crippen LogP contribution in [-0.4, -0.2) is 47.4 Å². The number of aromatic nitrogens is 2. The summed E-state index contributed by atoms with van der Waals surface area (Å²) in [6.07, 6.45) is 3.87. The Morgan fingerprint density at radius 2 is 1.71 bits per heavy atom. The summed E-state index contributed by atoms with van der Waals surface area (Å²) in [5.41, 5.74) is -0.303. The first-order valence-electron chi connectivity index (χ1n) is 13.4. The van der Waals surface area contributed by atoms with Crippen LogP contribution in [0.15, 0.2) is 34.9 Å². The first-order chi connectivity index (χ1) is 19.8. The molecule has 2 aromatic carbocycles. The standard InChI is InChI=1S/C29H24F3N3O5S/c1-38-27(36)14-9-20(32)24-21(10-14)41-29(33-24)35-15-7-8-16(35)12-17(11-15)39-28(37)23-25(34-40-26(23)13-5-6-13)22-18(30)3-2-4-19(22)31/h2-4,9-10,13,15-17H,5-8,11-12H2,1H3/t15-,16+,17+. The van der Waals surface area contributed by atoms with E-state index in [0.29, 0.717) is 28.4 Å². The minimum atomic E-state index is -0.841. The molecule has 41 heavy (non-hydrogen) atoms. The number of benzene rings is 2. The summed E-state index contributed by atoms with van der Waals surface area (Å²) >= 11 is 1.30. The van der Waals surface area contributed by atoms with Crippen molar-refractivity contribution >= 4 is 38.6 Å². The largest absolute Gasteiger partial charge is 0.465 e. The molecule has 4 aromatic rings. The van der Waals surface area contributed by atoms with Crippen LogP contribution in [0, 0.1) is 17.5 Å². The highest BCUT2D eigenvalue weighted by atomic mass is 32.1. The number of halogens is 3. The number of piperidine rings is 1. The van der Waals surface area contributed by atoms with Crippen molar-refractivity contribution in [2.24, 2.45) is 0 Å². The first kappa shape index (κ1) is 26.0. The average molecular weight is 584 g/mol. The zero-order valence-electron chi connectivity index (χ0n) is 21.9. The number of esters is 2. The van der Waals surface area contributed by atoms with Gasteiger partial charge < -0.3 is 18.9 Å². The van der Waals surface area contributed by atoms with Gasteiger partial charge in [0.05, 0.1) is 22.9 Å². The normalized spacial score (nSPS) is 21.9. The van der Waals surface area contributed by atoms with Crippen molar-refractivity contribution in [1.82, 2.24) is 10.1 Å². The van der Waals surface area contributed by atoms with E-state index in [1.54, 1.807) is 6.07 Å². The Morgan fingerprint density at radius 3 is 2.37 bits per heavy atom. The molecule has 12 heteroatoms. The average Bonchev–Trinajstić information content (AvgIpc) is 3.45. The maximum atomic E-state index is 14.8. The van der Waals surface area contributed by atoms with Crippen molar-refractivity contribution in [3.8, 4) is 11.3 Å². The van der Waals surface area contributed by atoms with Gasteiger partial charge in [-0.2, -0.15) is 0 Å². The molecule has 212 valence electrons. The lowest BCUT2D eigenvalue weighted by Crippen LogP contribution is -2.46. The van der Waals surface area contributed by atoms with Crippen LogP contribution in [0.4, 0.5) is 18.3 Å². The van der Waals surface area contributed by atoms with E-state index in [2.05, 4.69) is 15.0 Å². The highest BCUT2D eigenvalue weighted by molar-refractivity contribution is 7.22. The fraction of sp³-hybridized carbons (Fsp3) is 0.379. The first-order valence-corrected chi connectivity index (χ1v) is 14.3. The predicted molar refractivity (Wildman–Crippen MR) is 142 cm³/mol. The molecule has 2 aliphatic heterocycles. The Morgan fingerprint density at radius 1 is 1.00 bits per heavy atom. The number of hydrogen-bond donors (Lipinski definition) is 0. The van der Waals surface area contributed by atoms with Crippen LogP contribution in [0.25, 0.3) is 21.5 Å². The van der Waals surface area contributed by atoms with E-state index in [-0.39, 0.29) is 40.3 Å². The van der Waals surface area contributed by atoms with Crippen LogP contribution in [0.3, 0.4) is 0 Å². The fourth-order valence-electron chi connectivity index (χ4n) is 6.09. The second kappa shape index (κ2) is 9.86. The van der Waals surface area contributed by atoms with Gasteiger partial charge in [0.2, 0.25) is 0 Å². The molecule has 0 N–H and O–H groups in total. The number of ether oxygens (including phenoxy) is 2. The van der Waals surface area contributed by atoms with Crippen molar-refractivity contribution < 1.29 is 36.8 Å². The maximum absolute atomic E-state index is 14.8. The van der Waals surface area contributed by atoms with Gasteiger partial charge >= 0.3 is 11.9 Å². The van der Waals surface area contributed by atoms with Gasteiger partial charge in [-0.3, -0.25) is 0 Å². The summed E-state index contributed by atoms with van der Waals surface area (Å²) in [5, 5.41) is 4.54. The maximum Gasteiger partial charge on any atom is 0.344 e. The van der Waals surface area contributed by atoms with Crippen LogP contribution < -0.4 is 4.90 Å². The Bertz CT molecular complexity index is 1670. The van der Waals surface area contributed by atoms with Crippen molar-refractivity contribution in [3.05, 3.63) is 64.7 Å². The Hall–Kier alpha value is -3.93. The molecule has 3 atom stereocenters. The summed E-state index contributed by atoms with van der Waals surface area (Å²) in [6.45, 7) is 0. The quantitative estimate of drug-likeness (QED) is 0.241. The number of anilines is 1. The topological polar surface area (TPSA) is 94.8 Å². The van der Waals surface area contributed by atoms with Gasteiger partial charge in [0.1, 0.15) is 34.5 Å². The number of carbonyl (C=O) groups is 2. The minimum Gasteiger partial charge on any atom is -0.465 e. The Kier molecular flexibility index (Phi) is 6.25. The van der Waals surface area contributed by atoms with Crippen LogP contribution in [0.5, 0.6) is 0 Å². The Balaban J connectivity index is 1.13. The van der Waals surface area contributed by atoms with Gasteiger partial charge in [-0.15, -0.1) is 0 Å². The zero-order chi connectivity index (χ0) is 28.4. The third-order valence-electron chi connectivity index (χ3n) is 8.11. The molecule has 3 aliphatic rings. The van der Waals surface area contributed by atoms with Crippen LogP contribution >= 0.6 is 11.3 Å². The summed E-state index contributed by atoms with van der Waals surface area (Å²) in [5.74, 6) is -3.34. The number of methoxy groups -OCH3 is 1. The van der Waals surface area contributed by atoms with Crippen LogP contribution in [0.1, 0.15) is 70.9 Å². The van der Waals surface area contributed by atoms with Gasteiger partial charge in [-0.1, -0.05) is 22.6 Å². The molecule has 0 spiro atoms. The van der Waals surface area contributed by atoms with Gasteiger partial charge in [-0.25, -0.2) is 27.7 Å². The monoisotopic (exact) mass is 583 g/mol. The summed E-state index contributed by atoms with van der Waals surface area (Å²) in [6, 6.07) is 6.17. The molecule has 2 saturated heterocycles. The number of carbonyl (C=O) groups excluding carboxylic acids is 2. The van der Waals surface area contributed by atoms with Crippen molar-refractivity contribution in [2.75, 3.05) is 12.0 Å². The smallest absolute Gasteiger partial charge is 0.344 e. The predicted octanol–water partition coefficient (Wildman–Crippen LogP) is 6.39. The van der Waals surface area contributed by atoms with Gasteiger partial charge in [0.15, 0.2) is 16.7 Å². The molecule has 3 fully saturated rings.